The van der Waals surface area contributed by atoms with Gasteiger partial charge in [0.15, 0.2) is 5.78 Å². The summed E-state index contributed by atoms with van der Waals surface area (Å²) in [4.78, 5) is 18.8. The maximum absolute atomic E-state index is 13.3. The molecule has 1 aromatic carbocycles. The largest absolute Gasteiger partial charge is 0.328 e. The lowest BCUT2D eigenvalue weighted by Crippen LogP contribution is -2.33. The lowest BCUT2D eigenvalue weighted by Gasteiger charge is -2.34. The third-order valence-corrected chi connectivity index (χ3v) is 6.67. The van der Waals surface area contributed by atoms with Gasteiger partial charge >= 0.3 is 0 Å². The topological polar surface area (TPSA) is 59.8 Å². The molecule has 0 saturated carbocycles. The maximum atomic E-state index is 13.3. The monoisotopic (exact) mass is 390 g/mol. The zero-order chi connectivity index (χ0) is 19.3. The number of thiophene rings is 1. The van der Waals surface area contributed by atoms with E-state index < -0.39 is 0 Å². The Bertz CT molecular complexity index is 1050. The van der Waals surface area contributed by atoms with E-state index in [1.807, 2.05) is 16.1 Å². The van der Waals surface area contributed by atoms with Crippen molar-refractivity contribution in [2.45, 2.75) is 44.6 Å². The molecule has 1 aliphatic heterocycles. The van der Waals surface area contributed by atoms with Crippen molar-refractivity contribution in [1.29, 1.82) is 0 Å². The molecular formula is C22H22N4OS. The molecule has 0 fully saturated rings. The quantitative estimate of drug-likeness (QED) is 0.692. The van der Waals surface area contributed by atoms with Crippen LogP contribution >= 0.6 is 11.3 Å². The van der Waals surface area contributed by atoms with Gasteiger partial charge in [-0.15, -0.1) is 11.3 Å². The minimum absolute atomic E-state index is 0.175. The van der Waals surface area contributed by atoms with Crippen LogP contribution in [0.4, 0.5) is 5.95 Å². The first-order valence-electron chi connectivity index (χ1n) is 9.68. The molecule has 0 radical (unpaired) electrons. The van der Waals surface area contributed by atoms with E-state index in [0.29, 0.717) is 18.3 Å². The fourth-order valence-electron chi connectivity index (χ4n) is 4.25. The third kappa shape index (κ3) is 2.79. The highest BCUT2D eigenvalue weighted by molar-refractivity contribution is 7.10. The lowest BCUT2D eigenvalue weighted by atomic mass is 9.78. The average molecular weight is 391 g/mol. The van der Waals surface area contributed by atoms with Gasteiger partial charge in [0.2, 0.25) is 5.95 Å². The first-order chi connectivity index (χ1) is 13.6. The number of aromatic nitrogens is 3. The van der Waals surface area contributed by atoms with Crippen LogP contribution in [0.5, 0.6) is 0 Å². The van der Waals surface area contributed by atoms with E-state index in [9.17, 15) is 4.79 Å². The van der Waals surface area contributed by atoms with Crippen molar-refractivity contribution in [3.05, 3.63) is 75.4 Å². The summed E-state index contributed by atoms with van der Waals surface area (Å²) < 4.78 is 1.83. The fourth-order valence-corrected chi connectivity index (χ4v) is 5.07. The van der Waals surface area contributed by atoms with Gasteiger partial charge in [0.05, 0.1) is 0 Å². The highest BCUT2D eigenvalue weighted by atomic mass is 32.1. The Hall–Kier alpha value is -2.73. The maximum Gasteiger partial charge on any atom is 0.226 e. The zero-order valence-electron chi connectivity index (χ0n) is 15.9. The Labute approximate surface area is 168 Å². The van der Waals surface area contributed by atoms with Gasteiger partial charge in [0, 0.05) is 22.6 Å². The van der Waals surface area contributed by atoms with Crippen LogP contribution in [0.15, 0.2) is 59.4 Å². The molecule has 0 spiro atoms. The van der Waals surface area contributed by atoms with Crippen LogP contribution in [0.25, 0.3) is 0 Å². The summed E-state index contributed by atoms with van der Waals surface area (Å²) in [6, 6.07) is 12.7. The number of hydrogen-bond acceptors (Lipinski definition) is 5. The number of Topliss-reactive ketones (excluding diaryl/α,β-unsaturated/α-hetero) is 1. The summed E-state index contributed by atoms with van der Waals surface area (Å²) in [6.07, 6.45) is 2.90. The molecule has 1 N–H and O–H groups in total. The number of carbonyl (C=O) groups excluding carboxylic acids is 1. The van der Waals surface area contributed by atoms with E-state index >= 15 is 0 Å². The van der Waals surface area contributed by atoms with E-state index in [1.165, 1.54) is 11.1 Å². The smallest absolute Gasteiger partial charge is 0.226 e. The summed E-state index contributed by atoms with van der Waals surface area (Å²) in [5.41, 5.74) is 4.39. The van der Waals surface area contributed by atoms with Crippen molar-refractivity contribution in [2.75, 3.05) is 5.32 Å². The number of carbonyl (C=O) groups is 1. The number of allylic oxidation sites excluding steroid dienone is 2. The summed E-state index contributed by atoms with van der Waals surface area (Å²) >= 11 is 1.65. The molecule has 1 aliphatic carbocycles. The molecule has 3 heterocycles. The van der Waals surface area contributed by atoms with Crippen LogP contribution in [0.3, 0.4) is 0 Å². The number of fused-ring (bicyclic) bond motifs is 1. The Morgan fingerprint density at radius 3 is 2.71 bits per heavy atom. The lowest BCUT2D eigenvalue weighted by molar-refractivity contribution is -0.116. The first kappa shape index (κ1) is 17.4. The second-order valence-electron chi connectivity index (χ2n) is 7.81. The molecule has 0 saturated heterocycles. The molecule has 2 atom stereocenters. The predicted octanol–water partition coefficient (Wildman–Crippen LogP) is 4.88. The summed E-state index contributed by atoms with van der Waals surface area (Å²) in [5.74, 6) is 1.61. The van der Waals surface area contributed by atoms with Crippen LogP contribution in [0.2, 0.25) is 0 Å². The summed E-state index contributed by atoms with van der Waals surface area (Å²) in [6.45, 7) is 4.39. The standard InChI is InChI=1S/C22H22N4OS/c1-13(2)14-5-7-15(8-6-14)16-10-17-20(18(27)11-16)21(19-4-3-9-28-19)26-22(25-17)23-12-24-26/h3-9,12-13,16,21H,10-11H2,1-2H3,(H,23,24,25)/t16-,21+/m1/s1. The number of rotatable bonds is 3. The van der Waals surface area contributed by atoms with Gasteiger partial charge in [-0.2, -0.15) is 10.1 Å². The van der Waals surface area contributed by atoms with E-state index in [1.54, 1.807) is 17.7 Å². The van der Waals surface area contributed by atoms with E-state index in [2.05, 4.69) is 59.6 Å². The minimum atomic E-state index is -0.175. The zero-order valence-corrected chi connectivity index (χ0v) is 16.7. The van der Waals surface area contributed by atoms with Crippen molar-refractivity contribution < 1.29 is 4.79 Å². The van der Waals surface area contributed by atoms with Gasteiger partial charge in [0.1, 0.15) is 12.4 Å². The molecule has 2 aliphatic rings. The van der Waals surface area contributed by atoms with E-state index in [-0.39, 0.29) is 17.7 Å². The SMILES string of the molecule is CC(C)c1ccc([C@H]2CC(=O)C3=C(C2)Nc2ncnn2[C@H]3c2cccs2)cc1. The Morgan fingerprint density at radius 2 is 2.00 bits per heavy atom. The Kier molecular flexibility index (Phi) is 4.16. The molecule has 0 amide bonds. The van der Waals surface area contributed by atoms with Gasteiger partial charge in [0.25, 0.3) is 0 Å². The highest BCUT2D eigenvalue weighted by Gasteiger charge is 2.39. The summed E-state index contributed by atoms with van der Waals surface area (Å²) in [5, 5.41) is 9.81. The molecule has 0 bridgehead atoms. The number of ketones is 1. The second-order valence-corrected chi connectivity index (χ2v) is 8.79. The van der Waals surface area contributed by atoms with Crippen molar-refractivity contribution in [3.8, 4) is 0 Å². The summed E-state index contributed by atoms with van der Waals surface area (Å²) in [7, 11) is 0. The number of nitrogens with one attached hydrogen (secondary N) is 1. The first-order valence-corrected chi connectivity index (χ1v) is 10.6. The molecule has 2 aromatic heterocycles. The van der Waals surface area contributed by atoms with E-state index in [0.717, 1.165) is 22.6 Å². The normalized spacial score (nSPS) is 21.5. The molecule has 142 valence electrons. The van der Waals surface area contributed by atoms with Gasteiger partial charge in [-0.05, 0) is 40.8 Å². The van der Waals surface area contributed by atoms with Gasteiger partial charge in [-0.3, -0.25) is 4.79 Å². The third-order valence-electron chi connectivity index (χ3n) is 5.75. The van der Waals surface area contributed by atoms with Crippen molar-refractivity contribution in [3.63, 3.8) is 0 Å². The van der Waals surface area contributed by atoms with Crippen LogP contribution < -0.4 is 5.32 Å². The predicted molar refractivity (Wildman–Crippen MR) is 111 cm³/mol. The molecular weight excluding hydrogens is 368 g/mol. The number of benzene rings is 1. The van der Waals surface area contributed by atoms with Crippen LogP contribution in [-0.2, 0) is 4.79 Å². The average Bonchev–Trinajstić information content (AvgIpc) is 3.38. The van der Waals surface area contributed by atoms with Crippen LogP contribution in [0.1, 0.15) is 60.6 Å². The van der Waals surface area contributed by atoms with Gasteiger partial charge in [-0.1, -0.05) is 44.2 Å². The Balaban J connectivity index is 1.52. The van der Waals surface area contributed by atoms with Gasteiger partial charge < -0.3 is 5.32 Å². The number of hydrogen-bond donors (Lipinski definition) is 1. The van der Waals surface area contributed by atoms with Crippen molar-refractivity contribution in [2.24, 2.45) is 0 Å². The molecule has 5 nitrogen and oxygen atoms in total. The Morgan fingerprint density at radius 1 is 1.18 bits per heavy atom. The molecule has 0 unspecified atom stereocenters. The molecule has 3 aromatic rings. The van der Waals surface area contributed by atoms with Crippen molar-refractivity contribution >= 4 is 23.1 Å². The second kappa shape index (κ2) is 6.71. The highest BCUT2D eigenvalue weighted by Crippen LogP contribution is 2.44. The van der Waals surface area contributed by atoms with E-state index in [4.69, 9.17) is 0 Å². The van der Waals surface area contributed by atoms with Crippen LogP contribution in [0, 0.1) is 0 Å². The molecule has 28 heavy (non-hydrogen) atoms. The molecule has 5 rings (SSSR count). The number of anilines is 1. The minimum Gasteiger partial charge on any atom is -0.328 e. The van der Waals surface area contributed by atoms with Gasteiger partial charge in [-0.25, -0.2) is 4.68 Å². The van der Waals surface area contributed by atoms with Crippen molar-refractivity contribution in [1.82, 2.24) is 14.8 Å². The molecule has 6 heteroatoms. The van der Waals surface area contributed by atoms with Crippen LogP contribution in [-0.4, -0.2) is 20.5 Å². The number of nitrogens with zero attached hydrogens (tertiary/aromatic N) is 3. The fraction of sp³-hybridized carbons (Fsp3) is 0.318.